The normalized spacial score (nSPS) is 12.3. The minimum absolute atomic E-state index is 0.272. The van der Waals surface area contributed by atoms with Gasteiger partial charge in [0.1, 0.15) is 0 Å². The van der Waals surface area contributed by atoms with Gasteiger partial charge >= 0.3 is 0 Å². The maximum absolute atomic E-state index is 12.6. The van der Waals surface area contributed by atoms with Gasteiger partial charge in [-0.3, -0.25) is 9.20 Å². The Labute approximate surface area is 164 Å². The van der Waals surface area contributed by atoms with Crippen molar-refractivity contribution in [3.8, 4) is 5.69 Å². The molecule has 0 radical (unpaired) electrons. The number of aromatic nitrogens is 5. The van der Waals surface area contributed by atoms with Gasteiger partial charge < -0.3 is 5.32 Å². The van der Waals surface area contributed by atoms with Gasteiger partial charge in [0.2, 0.25) is 0 Å². The van der Waals surface area contributed by atoms with Crippen LogP contribution in [-0.4, -0.2) is 30.3 Å². The number of rotatable bonds is 4. The molecule has 0 bridgehead atoms. The Morgan fingerprint density at radius 1 is 1.19 bits per heavy atom. The Bertz CT molecular complexity index is 1140. The number of carbonyl (C=O) groups excluding carboxylic acids is 1. The molecule has 3 aromatic heterocycles. The number of amides is 1. The van der Waals surface area contributed by atoms with Crippen molar-refractivity contribution in [2.24, 2.45) is 0 Å². The lowest BCUT2D eigenvalue weighted by atomic mass is 10.2. The highest BCUT2D eigenvalue weighted by Gasteiger charge is 2.18. The average molecular weight is 401 g/mol. The summed E-state index contributed by atoms with van der Waals surface area (Å²) in [6.45, 7) is 1.85. The molecule has 0 aliphatic heterocycles. The van der Waals surface area contributed by atoms with Crippen molar-refractivity contribution in [3.63, 3.8) is 0 Å². The van der Waals surface area contributed by atoms with Crippen molar-refractivity contribution in [3.05, 3.63) is 76.4 Å². The fraction of sp³-hybridized carbons (Fsp3) is 0.111. The van der Waals surface area contributed by atoms with E-state index in [2.05, 4.69) is 20.6 Å². The van der Waals surface area contributed by atoms with Gasteiger partial charge in [-0.2, -0.15) is 5.10 Å². The minimum Gasteiger partial charge on any atom is -0.342 e. The van der Waals surface area contributed by atoms with Crippen molar-refractivity contribution in [2.75, 3.05) is 0 Å². The highest BCUT2D eigenvalue weighted by Crippen LogP contribution is 2.24. The van der Waals surface area contributed by atoms with E-state index < -0.39 is 0 Å². The second-order valence-corrected chi connectivity index (χ2v) is 6.80. The van der Waals surface area contributed by atoms with Crippen LogP contribution in [0.2, 0.25) is 10.0 Å². The molecule has 7 nitrogen and oxygen atoms in total. The smallest absolute Gasteiger partial charge is 0.255 e. The van der Waals surface area contributed by atoms with Crippen LogP contribution >= 0.6 is 23.2 Å². The number of fused-ring (bicyclic) bond motifs is 1. The first-order valence-corrected chi connectivity index (χ1v) is 8.89. The molecule has 1 aromatic carbocycles. The molecule has 1 atom stereocenters. The maximum Gasteiger partial charge on any atom is 0.255 e. The van der Waals surface area contributed by atoms with Crippen molar-refractivity contribution in [2.45, 2.75) is 13.0 Å². The Kier molecular flexibility index (Phi) is 4.55. The fourth-order valence-electron chi connectivity index (χ4n) is 2.74. The first kappa shape index (κ1) is 17.5. The number of halogens is 2. The van der Waals surface area contributed by atoms with Crippen LogP contribution in [-0.2, 0) is 0 Å². The monoisotopic (exact) mass is 400 g/mol. The molecule has 1 unspecified atom stereocenters. The van der Waals surface area contributed by atoms with Crippen LogP contribution in [0.5, 0.6) is 0 Å². The Morgan fingerprint density at radius 2 is 2.04 bits per heavy atom. The number of nitrogens with one attached hydrogen (secondary N) is 1. The summed E-state index contributed by atoms with van der Waals surface area (Å²) < 4.78 is 3.37. The van der Waals surface area contributed by atoms with Crippen LogP contribution in [0.15, 0.2) is 55.0 Å². The molecule has 0 aliphatic carbocycles. The second-order valence-electron chi connectivity index (χ2n) is 5.95. The SMILES string of the molecule is CC(NC(=O)c1cnn(-c2ccc(Cl)cc2Cl)c1)c1nnc2ccccn12. The summed E-state index contributed by atoms with van der Waals surface area (Å²) in [6.07, 6.45) is 4.95. The minimum atomic E-state index is -0.336. The summed E-state index contributed by atoms with van der Waals surface area (Å²) in [7, 11) is 0. The number of pyridine rings is 1. The third-order valence-electron chi connectivity index (χ3n) is 4.08. The van der Waals surface area contributed by atoms with E-state index in [0.29, 0.717) is 27.1 Å². The summed E-state index contributed by atoms with van der Waals surface area (Å²) in [6, 6.07) is 10.4. The average Bonchev–Trinajstić information content (AvgIpc) is 3.29. The molecule has 0 fully saturated rings. The second kappa shape index (κ2) is 7.02. The molecule has 1 N–H and O–H groups in total. The number of hydrogen-bond acceptors (Lipinski definition) is 4. The standard InChI is InChI=1S/C18H14Cl2N6O/c1-11(17-24-23-16-4-2-3-7-25(16)17)22-18(27)12-9-21-26(10-12)15-6-5-13(19)8-14(15)20/h2-11H,1H3,(H,22,27). The van der Waals surface area contributed by atoms with Gasteiger partial charge in [-0.05, 0) is 37.3 Å². The van der Waals surface area contributed by atoms with E-state index in [1.54, 1.807) is 24.4 Å². The molecule has 0 spiro atoms. The zero-order chi connectivity index (χ0) is 19.0. The van der Waals surface area contributed by atoms with E-state index in [0.717, 1.165) is 5.65 Å². The summed E-state index contributed by atoms with van der Waals surface area (Å²) in [5.74, 6) is 0.374. The predicted molar refractivity (Wildman–Crippen MR) is 102 cm³/mol. The van der Waals surface area contributed by atoms with Crippen molar-refractivity contribution >= 4 is 34.8 Å². The van der Waals surface area contributed by atoms with Gasteiger partial charge in [0.05, 0.1) is 28.5 Å². The third kappa shape index (κ3) is 3.39. The Balaban J connectivity index is 1.54. The predicted octanol–water partition coefficient (Wildman–Crippen LogP) is 3.71. The van der Waals surface area contributed by atoms with Crippen LogP contribution in [0.4, 0.5) is 0 Å². The zero-order valence-corrected chi connectivity index (χ0v) is 15.7. The van der Waals surface area contributed by atoms with Gasteiger partial charge in [0.25, 0.3) is 5.91 Å². The van der Waals surface area contributed by atoms with Crippen molar-refractivity contribution in [1.29, 1.82) is 0 Å². The van der Waals surface area contributed by atoms with Gasteiger partial charge in [0, 0.05) is 17.4 Å². The Hall–Kier alpha value is -2.90. The summed E-state index contributed by atoms with van der Waals surface area (Å²) in [4.78, 5) is 12.6. The highest BCUT2D eigenvalue weighted by atomic mass is 35.5. The number of benzene rings is 1. The van der Waals surface area contributed by atoms with E-state index in [4.69, 9.17) is 23.2 Å². The largest absolute Gasteiger partial charge is 0.342 e. The van der Waals surface area contributed by atoms with Gasteiger partial charge in [0.15, 0.2) is 11.5 Å². The first-order valence-electron chi connectivity index (χ1n) is 8.13. The van der Waals surface area contributed by atoms with Gasteiger partial charge in [-0.25, -0.2) is 4.68 Å². The summed E-state index contributed by atoms with van der Waals surface area (Å²) in [5.41, 5.74) is 1.76. The molecule has 0 saturated heterocycles. The molecule has 1 amide bonds. The van der Waals surface area contributed by atoms with Crippen LogP contribution in [0.3, 0.4) is 0 Å². The van der Waals surface area contributed by atoms with E-state index in [1.165, 1.54) is 10.9 Å². The first-order chi connectivity index (χ1) is 13.0. The molecular formula is C18H14Cl2N6O. The van der Waals surface area contributed by atoms with E-state index in [-0.39, 0.29) is 11.9 Å². The molecule has 136 valence electrons. The molecule has 4 rings (SSSR count). The molecule has 9 heteroatoms. The fourth-order valence-corrected chi connectivity index (χ4v) is 3.23. The highest BCUT2D eigenvalue weighted by molar-refractivity contribution is 6.35. The van der Waals surface area contributed by atoms with Crippen molar-refractivity contribution in [1.82, 2.24) is 29.7 Å². The third-order valence-corrected chi connectivity index (χ3v) is 4.61. The lowest BCUT2D eigenvalue weighted by molar-refractivity contribution is 0.0938. The summed E-state index contributed by atoms with van der Waals surface area (Å²) >= 11 is 12.1. The lowest BCUT2D eigenvalue weighted by Gasteiger charge is -2.11. The topological polar surface area (TPSA) is 77.1 Å². The zero-order valence-electron chi connectivity index (χ0n) is 14.2. The van der Waals surface area contributed by atoms with Crippen LogP contribution in [0.25, 0.3) is 11.3 Å². The molecule has 4 aromatic rings. The molecular weight excluding hydrogens is 387 g/mol. The number of carbonyl (C=O) groups is 1. The number of hydrogen-bond donors (Lipinski definition) is 1. The van der Waals surface area contributed by atoms with E-state index >= 15 is 0 Å². The summed E-state index contributed by atoms with van der Waals surface area (Å²) in [5, 5.41) is 16.4. The molecule has 0 aliphatic rings. The van der Waals surface area contributed by atoms with Crippen LogP contribution in [0.1, 0.15) is 29.1 Å². The van der Waals surface area contributed by atoms with Crippen LogP contribution in [0, 0.1) is 0 Å². The van der Waals surface area contributed by atoms with Gasteiger partial charge in [-0.1, -0.05) is 29.3 Å². The molecule has 27 heavy (non-hydrogen) atoms. The Morgan fingerprint density at radius 3 is 2.85 bits per heavy atom. The van der Waals surface area contributed by atoms with Crippen molar-refractivity contribution < 1.29 is 4.79 Å². The van der Waals surface area contributed by atoms with E-state index in [9.17, 15) is 4.79 Å². The molecule has 3 heterocycles. The lowest BCUT2D eigenvalue weighted by Crippen LogP contribution is -2.27. The van der Waals surface area contributed by atoms with Gasteiger partial charge in [-0.15, -0.1) is 10.2 Å². The molecule has 0 saturated carbocycles. The van der Waals surface area contributed by atoms with Crippen LogP contribution < -0.4 is 5.32 Å². The van der Waals surface area contributed by atoms with E-state index in [1.807, 2.05) is 35.7 Å². The maximum atomic E-state index is 12.6. The number of nitrogens with zero attached hydrogens (tertiary/aromatic N) is 5. The quantitative estimate of drug-likeness (QED) is 0.566.